The molecule has 148 valence electrons. The molecule has 0 radical (unpaired) electrons. The smallest absolute Gasteiger partial charge is 0.185 e. The molecule has 4 aromatic rings. The molecule has 3 aromatic carbocycles. The van der Waals surface area contributed by atoms with Gasteiger partial charge in [0.25, 0.3) is 0 Å². The van der Waals surface area contributed by atoms with Gasteiger partial charge in [0.2, 0.25) is 0 Å². The highest BCUT2D eigenvalue weighted by molar-refractivity contribution is 5.56. The molecule has 0 aliphatic heterocycles. The fraction of sp³-hybridized carbons (Fsp3) is 0.0800. The first-order chi connectivity index (χ1) is 14.6. The number of hydrogen-bond acceptors (Lipinski definition) is 4. The van der Waals surface area contributed by atoms with E-state index >= 15 is 0 Å². The van der Waals surface area contributed by atoms with Gasteiger partial charge in [-0.1, -0.05) is 96.9 Å². The van der Waals surface area contributed by atoms with Gasteiger partial charge in [0.15, 0.2) is 5.66 Å². The first-order valence-electron chi connectivity index (χ1n) is 9.62. The normalized spacial score (nSPS) is 13.4. The maximum atomic E-state index is 6.25. The maximum Gasteiger partial charge on any atom is 0.185 e. The van der Waals surface area contributed by atoms with Crippen LogP contribution in [-0.2, 0) is 11.1 Å². The Morgan fingerprint density at radius 3 is 1.60 bits per heavy atom. The molecule has 0 saturated heterocycles. The molecular weight excluding hydrogens is 370 g/mol. The molecule has 1 unspecified atom stereocenters. The average Bonchev–Trinajstić information content (AvgIpc) is 3.32. The summed E-state index contributed by atoms with van der Waals surface area (Å²) in [5.74, 6) is 8.83. The fourth-order valence-corrected chi connectivity index (χ4v) is 3.88. The number of nitrogens with one attached hydrogen (secondary N) is 2. The number of terminal acetylenes is 1. The van der Waals surface area contributed by atoms with E-state index in [1.807, 2.05) is 54.6 Å². The molecule has 0 aliphatic carbocycles. The molecular formula is C25H23N5. The molecule has 0 spiro atoms. The monoisotopic (exact) mass is 393 g/mol. The lowest BCUT2D eigenvalue weighted by molar-refractivity contribution is 0.450. The van der Waals surface area contributed by atoms with Gasteiger partial charge in [-0.3, -0.25) is 11.6 Å². The number of aromatic nitrogens is 2. The summed E-state index contributed by atoms with van der Waals surface area (Å²) < 4.78 is 0. The minimum Gasteiger partial charge on any atom is -0.341 e. The largest absolute Gasteiger partial charge is 0.341 e. The fourth-order valence-electron chi connectivity index (χ4n) is 3.88. The summed E-state index contributed by atoms with van der Waals surface area (Å²) in [5, 5.41) is 0. The first kappa shape index (κ1) is 19.6. The summed E-state index contributed by atoms with van der Waals surface area (Å²) in [4.78, 5) is 8.12. The summed E-state index contributed by atoms with van der Waals surface area (Å²) in [6.07, 6.45) is 7.27. The second-order valence-electron chi connectivity index (χ2n) is 7.09. The van der Waals surface area contributed by atoms with Crippen LogP contribution in [0.15, 0.2) is 97.2 Å². The van der Waals surface area contributed by atoms with Gasteiger partial charge in [0.05, 0.1) is 11.9 Å². The lowest BCUT2D eigenvalue weighted by Gasteiger charge is -2.34. The van der Waals surface area contributed by atoms with Crippen LogP contribution in [0.3, 0.4) is 0 Å². The van der Waals surface area contributed by atoms with E-state index in [0.717, 1.165) is 16.7 Å². The van der Waals surface area contributed by atoms with E-state index in [9.17, 15) is 0 Å². The number of nitrogens with zero attached hydrogens (tertiary/aromatic N) is 1. The van der Waals surface area contributed by atoms with Gasteiger partial charge in [-0.25, -0.2) is 10.4 Å². The minimum atomic E-state index is -1.36. The topological polar surface area (TPSA) is 92.8 Å². The number of benzene rings is 3. The summed E-state index contributed by atoms with van der Waals surface area (Å²) in [6.45, 7) is 0. The lowest BCUT2D eigenvalue weighted by atomic mass is 9.69. The van der Waals surface area contributed by atoms with Gasteiger partial charge in [-0.05, 0) is 16.7 Å². The van der Waals surface area contributed by atoms with Crippen molar-refractivity contribution in [3.63, 3.8) is 0 Å². The zero-order valence-corrected chi connectivity index (χ0v) is 16.4. The molecule has 6 N–H and O–H groups in total. The van der Waals surface area contributed by atoms with Crippen LogP contribution in [0, 0.1) is 12.3 Å². The summed E-state index contributed by atoms with van der Waals surface area (Å²) in [5.41, 5.74) is 10.4. The van der Waals surface area contributed by atoms with Crippen molar-refractivity contribution in [3.8, 4) is 12.3 Å². The molecule has 4 rings (SSSR count). The van der Waals surface area contributed by atoms with Crippen molar-refractivity contribution in [1.82, 2.24) is 15.4 Å². The number of H-pyrrole nitrogens is 1. The van der Waals surface area contributed by atoms with Crippen LogP contribution < -0.4 is 17.0 Å². The third-order valence-corrected chi connectivity index (χ3v) is 5.43. The minimum absolute atomic E-state index is 0.509. The number of hydrazine groups is 1. The van der Waals surface area contributed by atoms with E-state index in [4.69, 9.17) is 23.0 Å². The highest BCUT2D eigenvalue weighted by atomic mass is 15.3. The van der Waals surface area contributed by atoms with E-state index in [-0.39, 0.29) is 0 Å². The molecule has 5 nitrogen and oxygen atoms in total. The Morgan fingerprint density at radius 1 is 0.800 bits per heavy atom. The molecule has 5 heteroatoms. The predicted octanol–water partition coefficient (Wildman–Crippen LogP) is 3.00. The average molecular weight is 393 g/mol. The molecule has 1 atom stereocenters. The zero-order chi connectivity index (χ0) is 21.0. The van der Waals surface area contributed by atoms with Crippen LogP contribution >= 0.6 is 0 Å². The Balaban J connectivity index is 2.07. The molecule has 0 saturated carbocycles. The van der Waals surface area contributed by atoms with Crippen molar-refractivity contribution in [2.45, 2.75) is 11.1 Å². The van der Waals surface area contributed by atoms with Gasteiger partial charge < -0.3 is 4.98 Å². The van der Waals surface area contributed by atoms with Crippen LogP contribution in [0.4, 0.5) is 0 Å². The Labute approximate surface area is 176 Å². The summed E-state index contributed by atoms with van der Waals surface area (Å²) in [6, 6.07) is 30.7. The number of imidazole rings is 1. The predicted molar refractivity (Wildman–Crippen MR) is 119 cm³/mol. The van der Waals surface area contributed by atoms with Crippen LogP contribution in [-0.4, -0.2) is 9.97 Å². The molecule has 1 heterocycles. The van der Waals surface area contributed by atoms with Crippen LogP contribution in [0.25, 0.3) is 0 Å². The van der Waals surface area contributed by atoms with Gasteiger partial charge in [-0.15, -0.1) is 6.42 Å². The van der Waals surface area contributed by atoms with E-state index < -0.39 is 11.1 Å². The lowest BCUT2D eigenvalue weighted by Crippen LogP contribution is -2.53. The first-order valence-corrected chi connectivity index (χ1v) is 9.62. The standard InChI is InChI=1S/C25H23N5/c1-2-24(26,30-27)22-18-28-23(29-22)25(19-12-6-3-7-13-19,20-14-8-4-9-15-20)21-16-10-5-11-17-21/h1,3-18,30H,26-27H2,(H,28,29). The Hall–Kier alpha value is -3.69. The maximum absolute atomic E-state index is 6.25. The Kier molecular flexibility index (Phi) is 5.21. The quantitative estimate of drug-likeness (QED) is 0.133. The van der Waals surface area contributed by atoms with E-state index in [2.05, 4.69) is 52.7 Å². The van der Waals surface area contributed by atoms with Crippen LogP contribution in [0.2, 0.25) is 0 Å². The van der Waals surface area contributed by atoms with Crippen molar-refractivity contribution in [3.05, 3.63) is 125 Å². The third-order valence-electron chi connectivity index (χ3n) is 5.43. The van der Waals surface area contributed by atoms with Gasteiger partial charge in [0.1, 0.15) is 11.2 Å². The van der Waals surface area contributed by atoms with Crippen molar-refractivity contribution in [2.75, 3.05) is 0 Å². The summed E-state index contributed by atoms with van der Waals surface area (Å²) in [7, 11) is 0. The highest BCUT2D eigenvalue weighted by Gasteiger charge is 2.42. The molecule has 0 bridgehead atoms. The summed E-state index contributed by atoms with van der Waals surface area (Å²) >= 11 is 0. The number of hydrogen-bond donors (Lipinski definition) is 4. The van der Waals surface area contributed by atoms with Crippen molar-refractivity contribution in [2.24, 2.45) is 11.6 Å². The Bertz CT molecular complexity index is 1050. The highest BCUT2D eigenvalue weighted by Crippen LogP contribution is 2.43. The third kappa shape index (κ3) is 3.10. The van der Waals surface area contributed by atoms with Gasteiger partial charge >= 0.3 is 0 Å². The van der Waals surface area contributed by atoms with Crippen molar-refractivity contribution in [1.29, 1.82) is 0 Å². The van der Waals surface area contributed by atoms with Gasteiger partial charge in [0, 0.05) is 0 Å². The molecule has 0 aliphatic rings. The van der Waals surface area contributed by atoms with Gasteiger partial charge in [-0.2, -0.15) is 0 Å². The Morgan fingerprint density at radius 2 is 1.23 bits per heavy atom. The second-order valence-corrected chi connectivity index (χ2v) is 7.09. The van der Waals surface area contributed by atoms with Crippen LogP contribution in [0.1, 0.15) is 28.2 Å². The van der Waals surface area contributed by atoms with Crippen LogP contribution in [0.5, 0.6) is 0 Å². The number of nitrogens with two attached hydrogens (primary N) is 2. The molecule has 1 aromatic heterocycles. The second kappa shape index (κ2) is 7.97. The SMILES string of the molecule is C#CC(N)(NN)c1cnc(C(c2ccccc2)(c2ccccc2)c2ccccc2)[nH]1. The molecule has 30 heavy (non-hydrogen) atoms. The molecule has 0 fully saturated rings. The number of aromatic amines is 1. The van der Waals surface area contributed by atoms with Crippen molar-refractivity contribution < 1.29 is 0 Å². The zero-order valence-electron chi connectivity index (χ0n) is 16.4. The van der Waals surface area contributed by atoms with E-state index in [1.54, 1.807) is 6.20 Å². The van der Waals surface area contributed by atoms with E-state index in [0.29, 0.717) is 11.5 Å². The van der Waals surface area contributed by atoms with Crippen molar-refractivity contribution >= 4 is 0 Å². The molecule has 0 amide bonds. The number of rotatable bonds is 6. The van der Waals surface area contributed by atoms with E-state index in [1.165, 1.54) is 0 Å².